The van der Waals surface area contributed by atoms with Crippen molar-refractivity contribution >= 4 is 17.7 Å². The van der Waals surface area contributed by atoms with Crippen LogP contribution in [0.25, 0.3) is 0 Å². The van der Waals surface area contributed by atoms with Gasteiger partial charge in [0.15, 0.2) is 0 Å². The highest BCUT2D eigenvalue weighted by Crippen LogP contribution is 2.31. The predicted molar refractivity (Wildman–Crippen MR) is 138 cm³/mol. The SMILES string of the molecule is CCOC(=O)Cc1cccc(Oc2ccc([N+](=O)[O-])cc2CN(C[C@@H](C)c2ccccc2)C(=O)OC)c1. The Bertz CT molecular complexity index is 1230. The summed E-state index contributed by atoms with van der Waals surface area (Å²) >= 11 is 0. The molecular formula is C28H30N2O7. The summed E-state index contributed by atoms with van der Waals surface area (Å²) in [5, 5.41) is 11.5. The number of methoxy groups -OCH3 is 1. The Hall–Kier alpha value is -4.40. The van der Waals surface area contributed by atoms with Gasteiger partial charge >= 0.3 is 12.1 Å². The van der Waals surface area contributed by atoms with E-state index in [0.717, 1.165) is 5.56 Å². The molecule has 194 valence electrons. The number of carbonyl (C=O) groups is 2. The van der Waals surface area contributed by atoms with Gasteiger partial charge in [-0.25, -0.2) is 4.79 Å². The summed E-state index contributed by atoms with van der Waals surface area (Å²) in [6.07, 6.45) is -0.470. The standard InChI is InChI=1S/C28H30N2O7/c1-4-36-27(31)16-21-9-8-12-25(15-21)37-26-14-13-24(30(33)34)17-23(26)19-29(28(32)35-3)18-20(2)22-10-6-5-7-11-22/h5-15,17,20H,4,16,18-19H2,1-3H3/t20-/m1/s1. The average molecular weight is 507 g/mol. The summed E-state index contributed by atoms with van der Waals surface area (Å²) in [6.45, 7) is 4.38. The van der Waals surface area contributed by atoms with E-state index < -0.39 is 11.0 Å². The lowest BCUT2D eigenvalue weighted by molar-refractivity contribution is -0.384. The predicted octanol–water partition coefficient (Wildman–Crippen LogP) is 5.86. The molecule has 0 N–H and O–H groups in total. The fourth-order valence-corrected chi connectivity index (χ4v) is 3.88. The van der Waals surface area contributed by atoms with Crippen LogP contribution in [0.2, 0.25) is 0 Å². The van der Waals surface area contributed by atoms with Crippen LogP contribution in [0.1, 0.15) is 36.5 Å². The summed E-state index contributed by atoms with van der Waals surface area (Å²) in [7, 11) is 1.29. The molecule has 0 aliphatic carbocycles. The molecule has 0 spiro atoms. The molecule has 3 aromatic rings. The Labute approximate surface area is 215 Å². The van der Waals surface area contributed by atoms with Gasteiger partial charge in [-0.3, -0.25) is 14.9 Å². The van der Waals surface area contributed by atoms with Gasteiger partial charge in [-0.1, -0.05) is 49.4 Å². The van der Waals surface area contributed by atoms with Crippen LogP contribution in [0.4, 0.5) is 10.5 Å². The van der Waals surface area contributed by atoms with E-state index in [1.54, 1.807) is 31.2 Å². The van der Waals surface area contributed by atoms with Crippen LogP contribution in [0.5, 0.6) is 11.5 Å². The molecule has 9 nitrogen and oxygen atoms in total. The number of carbonyl (C=O) groups excluding carboxylic acids is 2. The van der Waals surface area contributed by atoms with E-state index in [1.165, 1.54) is 30.2 Å². The highest BCUT2D eigenvalue weighted by Gasteiger charge is 2.22. The van der Waals surface area contributed by atoms with Crippen molar-refractivity contribution in [2.24, 2.45) is 0 Å². The Morgan fingerprint density at radius 1 is 1.03 bits per heavy atom. The molecule has 0 radical (unpaired) electrons. The largest absolute Gasteiger partial charge is 0.466 e. The van der Waals surface area contributed by atoms with Crippen molar-refractivity contribution in [2.45, 2.75) is 32.7 Å². The average Bonchev–Trinajstić information content (AvgIpc) is 2.89. The van der Waals surface area contributed by atoms with Crippen molar-refractivity contribution in [1.82, 2.24) is 4.90 Å². The first kappa shape index (κ1) is 27.2. The second kappa shape index (κ2) is 13.1. The molecular weight excluding hydrogens is 476 g/mol. The number of nitrogens with zero attached hydrogens (tertiary/aromatic N) is 2. The number of nitro benzene ring substituents is 1. The highest BCUT2D eigenvalue weighted by molar-refractivity contribution is 5.72. The van der Waals surface area contributed by atoms with Crippen molar-refractivity contribution in [1.29, 1.82) is 0 Å². The minimum Gasteiger partial charge on any atom is -0.466 e. The first-order chi connectivity index (χ1) is 17.8. The van der Waals surface area contributed by atoms with E-state index in [2.05, 4.69) is 0 Å². The summed E-state index contributed by atoms with van der Waals surface area (Å²) in [5.74, 6) is 0.430. The van der Waals surface area contributed by atoms with E-state index in [4.69, 9.17) is 14.2 Å². The molecule has 0 saturated carbocycles. The lowest BCUT2D eigenvalue weighted by Crippen LogP contribution is -2.33. The zero-order valence-electron chi connectivity index (χ0n) is 21.1. The number of non-ortho nitro benzene ring substituents is 1. The maximum Gasteiger partial charge on any atom is 0.409 e. The molecule has 0 fully saturated rings. The maximum atomic E-state index is 12.7. The lowest BCUT2D eigenvalue weighted by Gasteiger charge is -2.26. The number of benzene rings is 3. The van der Waals surface area contributed by atoms with Gasteiger partial charge in [0, 0.05) is 24.2 Å². The molecule has 0 unspecified atom stereocenters. The minimum absolute atomic E-state index is 0.0112. The van der Waals surface area contributed by atoms with Crippen molar-refractivity contribution < 1.29 is 28.7 Å². The Kier molecular flexibility index (Phi) is 9.60. The quantitative estimate of drug-likeness (QED) is 0.182. The smallest absolute Gasteiger partial charge is 0.409 e. The van der Waals surface area contributed by atoms with Crippen LogP contribution >= 0.6 is 0 Å². The topological polar surface area (TPSA) is 108 Å². The van der Waals surface area contributed by atoms with E-state index in [1.807, 2.05) is 37.3 Å². The number of hydrogen-bond acceptors (Lipinski definition) is 7. The summed E-state index contributed by atoms with van der Waals surface area (Å²) < 4.78 is 16.1. The first-order valence-corrected chi connectivity index (χ1v) is 11.9. The normalized spacial score (nSPS) is 11.3. The van der Waals surface area contributed by atoms with Crippen LogP contribution < -0.4 is 4.74 Å². The minimum atomic E-state index is -0.559. The van der Waals surface area contributed by atoms with Gasteiger partial charge in [0.1, 0.15) is 11.5 Å². The van der Waals surface area contributed by atoms with Crippen LogP contribution in [-0.2, 0) is 27.2 Å². The van der Waals surface area contributed by atoms with Gasteiger partial charge < -0.3 is 19.1 Å². The summed E-state index contributed by atoms with van der Waals surface area (Å²) in [6, 6.07) is 20.9. The van der Waals surface area contributed by atoms with Gasteiger partial charge in [-0.2, -0.15) is 0 Å². The molecule has 1 amide bonds. The lowest BCUT2D eigenvalue weighted by atomic mass is 10.0. The molecule has 0 aliphatic rings. The van der Waals surface area contributed by atoms with E-state index >= 15 is 0 Å². The second-order valence-electron chi connectivity index (χ2n) is 8.44. The highest BCUT2D eigenvalue weighted by atomic mass is 16.6. The second-order valence-corrected chi connectivity index (χ2v) is 8.44. The Balaban J connectivity index is 1.88. The fourth-order valence-electron chi connectivity index (χ4n) is 3.88. The maximum absolute atomic E-state index is 12.7. The molecule has 0 aliphatic heterocycles. The van der Waals surface area contributed by atoms with E-state index in [9.17, 15) is 19.7 Å². The number of nitro groups is 1. The Morgan fingerprint density at radius 2 is 1.78 bits per heavy atom. The van der Waals surface area contributed by atoms with Crippen LogP contribution in [0, 0.1) is 10.1 Å². The molecule has 0 bridgehead atoms. The van der Waals surface area contributed by atoms with Gasteiger partial charge in [0.05, 0.1) is 31.6 Å². The summed E-state index contributed by atoms with van der Waals surface area (Å²) in [4.78, 5) is 37.0. The number of hydrogen-bond donors (Lipinski definition) is 0. The summed E-state index contributed by atoms with van der Waals surface area (Å²) in [5.41, 5.74) is 2.06. The molecule has 9 heteroatoms. The number of esters is 1. The Morgan fingerprint density at radius 3 is 2.46 bits per heavy atom. The van der Waals surface area contributed by atoms with E-state index in [0.29, 0.717) is 35.8 Å². The zero-order chi connectivity index (χ0) is 26.8. The van der Waals surface area contributed by atoms with Crippen LogP contribution in [0.3, 0.4) is 0 Å². The van der Waals surface area contributed by atoms with Gasteiger partial charge in [0.2, 0.25) is 0 Å². The molecule has 0 heterocycles. The third-order valence-electron chi connectivity index (χ3n) is 5.69. The van der Waals surface area contributed by atoms with Gasteiger partial charge in [-0.15, -0.1) is 0 Å². The van der Waals surface area contributed by atoms with E-state index in [-0.39, 0.29) is 30.5 Å². The zero-order valence-corrected chi connectivity index (χ0v) is 21.1. The first-order valence-electron chi connectivity index (χ1n) is 11.9. The van der Waals surface area contributed by atoms with Crippen molar-refractivity contribution in [2.75, 3.05) is 20.3 Å². The monoisotopic (exact) mass is 506 g/mol. The van der Waals surface area contributed by atoms with Crippen molar-refractivity contribution in [3.05, 3.63) is 99.6 Å². The third-order valence-corrected chi connectivity index (χ3v) is 5.69. The molecule has 0 saturated heterocycles. The molecule has 3 aromatic carbocycles. The fraction of sp³-hybridized carbons (Fsp3) is 0.286. The molecule has 1 atom stereocenters. The van der Waals surface area contributed by atoms with Gasteiger partial charge in [-0.05, 0) is 42.2 Å². The molecule has 0 aromatic heterocycles. The molecule has 37 heavy (non-hydrogen) atoms. The number of amides is 1. The van der Waals surface area contributed by atoms with Crippen molar-refractivity contribution in [3.63, 3.8) is 0 Å². The number of ether oxygens (including phenoxy) is 3. The number of rotatable bonds is 11. The van der Waals surface area contributed by atoms with Crippen LogP contribution in [0.15, 0.2) is 72.8 Å². The van der Waals surface area contributed by atoms with Gasteiger partial charge in [0.25, 0.3) is 5.69 Å². The molecule has 3 rings (SSSR count). The third kappa shape index (κ3) is 7.79. The van der Waals surface area contributed by atoms with Crippen molar-refractivity contribution in [3.8, 4) is 11.5 Å². The van der Waals surface area contributed by atoms with Crippen LogP contribution in [-0.4, -0.2) is 42.1 Å².